The van der Waals surface area contributed by atoms with Gasteiger partial charge in [0.05, 0.1) is 6.10 Å². The molecule has 1 N–H and O–H groups in total. The summed E-state index contributed by atoms with van der Waals surface area (Å²) in [6.07, 6.45) is 3.06. The lowest BCUT2D eigenvalue weighted by Gasteiger charge is -2.43. The summed E-state index contributed by atoms with van der Waals surface area (Å²) < 4.78 is 0. The highest BCUT2D eigenvalue weighted by molar-refractivity contribution is 4.86. The summed E-state index contributed by atoms with van der Waals surface area (Å²) in [4.78, 5) is 2.59. The highest BCUT2D eigenvalue weighted by Crippen LogP contribution is 2.30. The van der Waals surface area contributed by atoms with E-state index in [-0.39, 0.29) is 6.10 Å². The molecule has 0 aromatic carbocycles. The first-order valence-corrected chi connectivity index (χ1v) is 6.85. The first-order chi connectivity index (χ1) is 7.41. The zero-order valence-corrected chi connectivity index (χ0v) is 11.6. The molecule has 0 heterocycles. The van der Waals surface area contributed by atoms with E-state index in [2.05, 4.69) is 39.5 Å². The molecule has 0 radical (unpaired) electrons. The Hall–Kier alpha value is -0.0800. The van der Waals surface area contributed by atoms with Crippen molar-refractivity contribution >= 4 is 0 Å². The minimum atomic E-state index is -0.0744. The van der Waals surface area contributed by atoms with Crippen molar-refractivity contribution in [3.8, 4) is 0 Å². The summed E-state index contributed by atoms with van der Waals surface area (Å²) in [6, 6.07) is 1.16. The first kappa shape index (κ1) is 14.0. The number of rotatable bonds is 4. The van der Waals surface area contributed by atoms with Crippen molar-refractivity contribution in [1.82, 2.24) is 4.90 Å². The van der Waals surface area contributed by atoms with Crippen LogP contribution in [0.5, 0.6) is 0 Å². The van der Waals surface area contributed by atoms with Crippen molar-refractivity contribution in [1.29, 1.82) is 0 Å². The fraction of sp³-hybridized carbons (Fsp3) is 1.00. The number of hydrogen-bond donors (Lipinski definition) is 1. The molecule has 16 heavy (non-hydrogen) atoms. The Balaban J connectivity index is 2.67. The first-order valence-electron chi connectivity index (χ1n) is 6.85. The fourth-order valence-corrected chi connectivity index (χ4v) is 2.89. The minimum absolute atomic E-state index is 0.0744. The molecule has 0 saturated heterocycles. The monoisotopic (exact) mass is 227 g/mol. The Labute approximate surface area is 101 Å². The molecule has 96 valence electrons. The van der Waals surface area contributed by atoms with Crippen LogP contribution in [0, 0.1) is 11.8 Å². The lowest BCUT2D eigenvalue weighted by atomic mass is 9.82. The maximum Gasteiger partial charge on any atom is 0.0555 e. The van der Waals surface area contributed by atoms with Crippen LogP contribution in [-0.2, 0) is 0 Å². The van der Waals surface area contributed by atoms with Crippen LogP contribution in [0.3, 0.4) is 0 Å². The molecule has 0 aliphatic heterocycles. The number of nitrogens with zero attached hydrogens (tertiary/aromatic N) is 1. The Morgan fingerprint density at radius 1 is 1.19 bits per heavy atom. The molecule has 0 aromatic rings. The van der Waals surface area contributed by atoms with Gasteiger partial charge >= 0.3 is 0 Å². The molecule has 3 atom stereocenters. The van der Waals surface area contributed by atoms with Gasteiger partial charge in [-0.1, -0.05) is 20.8 Å². The minimum Gasteiger partial charge on any atom is -0.393 e. The molecule has 0 spiro atoms. The molecule has 1 aliphatic rings. The van der Waals surface area contributed by atoms with Crippen LogP contribution in [0.15, 0.2) is 0 Å². The third-order valence-electron chi connectivity index (χ3n) is 3.79. The van der Waals surface area contributed by atoms with Crippen molar-refractivity contribution in [2.24, 2.45) is 11.8 Å². The van der Waals surface area contributed by atoms with Gasteiger partial charge in [-0.2, -0.15) is 0 Å². The Bertz CT molecular complexity index is 201. The molecular weight excluding hydrogens is 198 g/mol. The summed E-state index contributed by atoms with van der Waals surface area (Å²) in [7, 11) is 0. The van der Waals surface area contributed by atoms with Crippen LogP contribution < -0.4 is 0 Å². The highest BCUT2D eigenvalue weighted by Gasteiger charge is 2.32. The number of hydrogen-bond acceptors (Lipinski definition) is 2. The van der Waals surface area contributed by atoms with Crippen LogP contribution in [0.4, 0.5) is 0 Å². The van der Waals surface area contributed by atoms with Crippen molar-refractivity contribution in [2.45, 2.75) is 72.1 Å². The zero-order chi connectivity index (χ0) is 12.3. The smallest absolute Gasteiger partial charge is 0.0555 e. The van der Waals surface area contributed by atoms with Gasteiger partial charge in [-0.3, -0.25) is 4.90 Å². The van der Waals surface area contributed by atoms with Gasteiger partial charge < -0.3 is 5.11 Å². The van der Waals surface area contributed by atoms with Gasteiger partial charge in [0.25, 0.3) is 0 Å². The van der Waals surface area contributed by atoms with Gasteiger partial charge in [0, 0.05) is 18.6 Å². The summed E-state index contributed by atoms with van der Waals surface area (Å²) in [5.74, 6) is 1.43. The molecule has 0 aromatic heterocycles. The Morgan fingerprint density at radius 3 is 2.31 bits per heavy atom. The molecule has 1 fully saturated rings. The average molecular weight is 227 g/mol. The average Bonchev–Trinajstić information content (AvgIpc) is 2.18. The van der Waals surface area contributed by atoms with E-state index < -0.39 is 0 Å². The molecule has 2 heteroatoms. The van der Waals surface area contributed by atoms with Gasteiger partial charge in [-0.15, -0.1) is 0 Å². The van der Waals surface area contributed by atoms with Gasteiger partial charge in [-0.05, 0) is 44.9 Å². The van der Waals surface area contributed by atoms with E-state index in [9.17, 15) is 5.11 Å². The van der Waals surface area contributed by atoms with E-state index in [1.807, 2.05) is 0 Å². The largest absolute Gasteiger partial charge is 0.393 e. The maximum atomic E-state index is 9.84. The number of aliphatic hydroxyl groups excluding tert-OH is 1. The standard InChI is InChI=1S/C14H29NO/c1-10(2)9-15(11(3)4)14-8-13(16)7-6-12(14)5/h10-14,16H,6-9H2,1-5H3. The molecule has 0 amide bonds. The summed E-state index contributed by atoms with van der Waals surface area (Å²) in [5.41, 5.74) is 0. The van der Waals surface area contributed by atoms with E-state index in [4.69, 9.17) is 0 Å². The second-order valence-corrected chi connectivity index (χ2v) is 6.20. The molecular formula is C14H29NO. The summed E-state index contributed by atoms with van der Waals surface area (Å²) in [5, 5.41) is 9.84. The SMILES string of the molecule is CC(C)CN(C(C)C)C1CC(O)CCC1C. The lowest BCUT2D eigenvalue weighted by Crippen LogP contribution is -2.49. The fourth-order valence-electron chi connectivity index (χ4n) is 2.89. The molecule has 1 saturated carbocycles. The summed E-state index contributed by atoms with van der Waals surface area (Å²) in [6.45, 7) is 12.6. The highest BCUT2D eigenvalue weighted by atomic mass is 16.3. The van der Waals surface area contributed by atoms with Crippen LogP contribution in [-0.4, -0.2) is 34.7 Å². The maximum absolute atomic E-state index is 9.84. The van der Waals surface area contributed by atoms with E-state index in [0.29, 0.717) is 18.0 Å². The molecule has 2 nitrogen and oxygen atoms in total. The molecule has 3 unspecified atom stereocenters. The Kier molecular flexibility index (Phi) is 5.26. The summed E-state index contributed by atoms with van der Waals surface area (Å²) >= 11 is 0. The van der Waals surface area contributed by atoms with Crippen molar-refractivity contribution in [3.63, 3.8) is 0 Å². The second kappa shape index (κ2) is 6.02. The van der Waals surface area contributed by atoms with Crippen LogP contribution >= 0.6 is 0 Å². The third kappa shape index (κ3) is 3.74. The van der Waals surface area contributed by atoms with Gasteiger partial charge in [0.2, 0.25) is 0 Å². The Morgan fingerprint density at radius 2 is 1.81 bits per heavy atom. The quantitative estimate of drug-likeness (QED) is 0.798. The van der Waals surface area contributed by atoms with Gasteiger partial charge in [-0.25, -0.2) is 0 Å². The topological polar surface area (TPSA) is 23.5 Å². The van der Waals surface area contributed by atoms with Crippen molar-refractivity contribution < 1.29 is 5.11 Å². The van der Waals surface area contributed by atoms with Crippen LogP contribution in [0.25, 0.3) is 0 Å². The van der Waals surface area contributed by atoms with E-state index in [1.165, 1.54) is 6.42 Å². The van der Waals surface area contributed by atoms with Gasteiger partial charge in [0.1, 0.15) is 0 Å². The predicted molar refractivity (Wildman–Crippen MR) is 69.5 cm³/mol. The van der Waals surface area contributed by atoms with Crippen molar-refractivity contribution in [2.75, 3.05) is 6.54 Å². The second-order valence-electron chi connectivity index (χ2n) is 6.20. The predicted octanol–water partition coefficient (Wildman–Crippen LogP) is 2.90. The molecule has 0 bridgehead atoms. The van der Waals surface area contributed by atoms with Crippen molar-refractivity contribution in [3.05, 3.63) is 0 Å². The normalized spacial score (nSPS) is 31.7. The van der Waals surface area contributed by atoms with Crippen LogP contribution in [0.1, 0.15) is 53.9 Å². The molecule has 1 aliphatic carbocycles. The van der Waals surface area contributed by atoms with E-state index in [1.54, 1.807) is 0 Å². The van der Waals surface area contributed by atoms with Crippen LogP contribution in [0.2, 0.25) is 0 Å². The van der Waals surface area contributed by atoms with Gasteiger partial charge in [0.15, 0.2) is 0 Å². The third-order valence-corrected chi connectivity index (χ3v) is 3.79. The lowest BCUT2D eigenvalue weighted by molar-refractivity contribution is 0.0126. The number of aliphatic hydroxyl groups is 1. The zero-order valence-electron chi connectivity index (χ0n) is 11.6. The van der Waals surface area contributed by atoms with E-state index >= 15 is 0 Å². The molecule has 1 rings (SSSR count). The van der Waals surface area contributed by atoms with E-state index in [0.717, 1.165) is 25.3 Å².